The normalized spacial score (nSPS) is 26.6. The fourth-order valence-corrected chi connectivity index (χ4v) is 6.85. The second kappa shape index (κ2) is 10.1. The maximum atomic E-state index is 12.9. The van der Waals surface area contributed by atoms with Crippen molar-refractivity contribution in [2.75, 3.05) is 20.7 Å². The third-order valence-corrected chi connectivity index (χ3v) is 8.43. The molecule has 0 unspecified atom stereocenters. The van der Waals surface area contributed by atoms with E-state index in [1.165, 1.54) is 13.3 Å². The molecule has 3 aromatic carbocycles. The van der Waals surface area contributed by atoms with Crippen LogP contribution in [0.2, 0.25) is 0 Å². The van der Waals surface area contributed by atoms with Crippen LogP contribution in [0.5, 0.6) is 11.5 Å². The summed E-state index contributed by atoms with van der Waals surface area (Å²) in [7, 11) is 3.54. The van der Waals surface area contributed by atoms with Crippen LogP contribution >= 0.6 is 0 Å². The number of rotatable bonds is 7. The molecule has 1 aliphatic carbocycles. The quantitative estimate of drug-likeness (QED) is 0.365. The van der Waals surface area contributed by atoms with Crippen molar-refractivity contribution in [3.8, 4) is 17.6 Å². The highest BCUT2D eigenvalue weighted by atomic mass is 16.5. The van der Waals surface area contributed by atoms with E-state index < -0.39 is 29.1 Å². The number of hydrogen-bond acceptors (Lipinski definition) is 7. The van der Waals surface area contributed by atoms with Crippen molar-refractivity contribution in [1.29, 1.82) is 5.26 Å². The average Bonchev–Trinajstić information content (AvgIpc) is 3.36. The van der Waals surface area contributed by atoms with Crippen LogP contribution < -0.4 is 9.47 Å². The van der Waals surface area contributed by atoms with Crippen LogP contribution in [0, 0.1) is 17.2 Å². The lowest BCUT2D eigenvalue weighted by Gasteiger charge is -2.41. The van der Waals surface area contributed by atoms with E-state index in [0.717, 1.165) is 11.1 Å². The summed E-state index contributed by atoms with van der Waals surface area (Å²) in [6, 6.07) is 29.3. The lowest BCUT2D eigenvalue weighted by molar-refractivity contribution is -0.152. The standard InChI is InChI=1S/C33H31N3O4/c1-36(20-23-9-5-3-6-10-23)21-26-29(24-11-7-4-8-12-24)33(25-15-13-22(17-34)14-16-25)32(38,31(26)37)30-27(39-2)18-35-19-28(30)40-33/h3-16,18-19,26,29,31,37-38H,20-21H2,1-2H3/t26-,29-,31-,32+,33+/m1/s1. The van der Waals surface area contributed by atoms with Crippen LogP contribution in [0.25, 0.3) is 0 Å². The first-order valence-electron chi connectivity index (χ1n) is 13.3. The van der Waals surface area contributed by atoms with Crippen molar-refractivity contribution < 1.29 is 19.7 Å². The highest BCUT2D eigenvalue weighted by molar-refractivity contribution is 5.59. The molecule has 0 radical (unpaired) electrons. The molecule has 6 rings (SSSR count). The fourth-order valence-electron chi connectivity index (χ4n) is 6.85. The highest BCUT2D eigenvalue weighted by Crippen LogP contribution is 2.69. The Bertz CT molecular complexity index is 1540. The summed E-state index contributed by atoms with van der Waals surface area (Å²) >= 11 is 0. The SMILES string of the molecule is COc1cncc2c1[C@]1(O)[C@H](O)[C@H](CN(C)Cc3ccccc3)[C@@H](c3ccccc3)[C@]1(c1ccc(C#N)cc1)O2. The number of pyridine rings is 1. The Kier molecular flexibility index (Phi) is 6.55. The van der Waals surface area contributed by atoms with Gasteiger partial charge in [0.05, 0.1) is 42.8 Å². The Morgan fingerprint density at radius 2 is 1.68 bits per heavy atom. The fraction of sp³-hybridized carbons (Fsp3) is 0.273. The summed E-state index contributed by atoms with van der Waals surface area (Å²) in [6.45, 7) is 1.17. The van der Waals surface area contributed by atoms with Crippen molar-refractivity contribution in [2.45, 2.75) is 29.8 Å². The molecule has 0 saturated heterocycles. The molecule has 2 heterocycles. The van der Waals surface area contributed by atoms with E-state index in [0.29, 0.717) is 41.3 Å². The highest BCUT2D eigenvalue weighted by Gasteiger charge is 2.76. The number of fused-ring (bicyclic) bond motifs is 3. The Hall–Kier alpha value is -4.22. The Morgan fingerprint density at radius 1 is 1.00 bits per heavy atom. The predicted octanol–water partition coefficient (Wildman–Crippen LogP) is 4.34. The number of aliphatic hydroxyl groups excluding tert-OH is 1. The van der Waals surface area contributed by atoms with Crippen molar-refractivity contribution in [3.05, 3.63) is 125 Å². The molecule has 202 valence electrons. The zero-order chi connectivity index (χ0) is 27.9. The number of aromatic nitrogens is 1. The van der Waals surface area contributed by atoms with Gasteiger partial charge in [-0.3, -0.25) is 4.98 Å². The molecule has 1 fully saturated rings. The minimum absolute atomic E-state index is 0.347. The summed E-state index contributed by atoms with van der Waals surface area (Å²) in [4.78, 5) is 6.45. The molecule has 5 atom stereocenters. The van der Waals surface area contributed by atoms with E-state index in [2.05, 4.69) is 28.1 Å². The van der Waals surface area contributed by atoms with Gasteiger partial charge >= 0.3 is 0 Å². The third-order valence-electron chi connectivity index (χ3n) is 8.43. The maximum Gasteiger partial charge on any atom is 0.177 e. The first kappa shape index (κ1) is 26.0. The van der Waals surface area contributed by atoms with E-state index >= 15 is 0 Å². The van der Waals surface area contributed by atoms with Gasteiger partial charge in [0.1, 0.15) is 11.5 Å². The topological polar surface area (TPSA) is 98.8 Å². The smallest absolute Gasteiger partial charge is 0.177 e. The zero-order valence-corrected chi connectivity index (χ0v) is 22.4. The minimum Gasteiger partial charge on any atom is -0.495 e. The second-order valence-electron chi connectivity index (χ2n) is 10.7. The molecular formula is C33H31N3O4. The van der Waals surface area contributed by atoms with Crippen LogP contribution in [-0.4, -0.2) is 46.9 Å². The largest absolute Gasteiger partial charge is 0.495 e. The molecule has 7 heteroatoms. The number of aliphatic hydroxyl groups is 2. The lowest BCUT2D eigenvalue weighted by atomic mass is 9.70. The number of nitriles is 1. The van der Waals surface area contributed by atoms with Crippen molar-refractivity contribution in [2.24, 2.45) is 5.92 Å². The molecule has 40 heavy (non-hydrogen) atoms. The molecule has 2 aliphatic rings. The van der Waals surface area contributed by atoms with Crippen LogP contribution in [-0.2, 0) is 17.7 Å². The first-order chi connectivity index (χ1) is 19.4. The van der Waals surface area contributed by atoms with Crippen molar-refractivity contribution >= 4 is 0 Å². The van der Waals surface area contributed by atoms with E-state index in [-0.39, 0.29) is 0 Å². The van der Waals surface area contributed by atoms with Crippen LogP contribution in [0.4, 0.5) is 0 Å². The van der Waals surface area contributed by atoms with E-state index in [4.69, 9.17) is 9.47 Å². The first-order valence-corrected chi connectivity index (χ1v) is 13.3. The molecule has 2 N–H and O–H groups in total. The number of hydrogen-bond donors (Lipinski definition) is 2. The van der Waals surface area contributed by atoms with Gasteiger partial charge in [-0.1, -0.05) is 72.8 Å². The van der Waals surface area contributed by atoms with Gasteiger partial charge in [0.15, 0.2) is 11.2 Å². The summed E-state index contributed by atoms with van der Waals surface area (Å²) < 4.78 is 12.5. The van der Waals surface area contributed by atoms with Gasteiger partial charge in [0.25, 0.3) is 0 Å². The summed E-state index contributed by atoms with van der Waals surface area (Å²) in [5.41, 5.74) is 0.336. The van der Waals surface area contributed by atoms with Gasteiger partial charge < -0.3 is 24.6 Å². The Morgan fingerprint density at radius 3 is 2.33 bits per heavy atom. The summed E-state index contributed by atoms with van der Waals surface area (Å²) in [5.74, 6) is -0.179. The molecule has 1 saturated carbocycles. The van der Waals surface area contributed by atoms with E-state index in [1.54, 1.807) is 18.3 Å². The number of ether oxygens (including phenoxy) is 2. The molecule has 4 aromatic rings. The average molecular weight is 534 g/mol. The molecule has 0 amide bonds. The molecule has 1 aliphatic heterocycles. The Balaban J connectivity index is 1.56. The second-order valence-corrected chi connectivity index (χ2v) is 10.7. The van der Waals surface area contributed by atoms with Gasteiger partial charge in [0, 0.05) is 24.9 Å². The predicted molar refractivity (Wildman–Crippen MR) is 150 cm³/mol. The molecule has 0 bridgehead atoms. The monoisotopic (exact) mass is 533 g/mol. The van der Waals surface area contributed by atoms with E-state index in [1.807, 2.05) is 67.7 Å². The lowest BCUT2D eigenvalue weighted by Crippen LogP contribution is -2.52. The van der Waals surface area contributed by atoms with Gasteiger partial charge in [0.2, 0.25) is 0 Å². The molecule has 1 aromatic heterocycles. The van der Waals surface area contributed by atoms with Gasteiger partial charge in [-0.15, -0.1) is 0 Å². The minimum atomic E-state index is -1.87. The Labute approximate surface area is 233 Å². The summed E-state index contributed by atoms with van der Waals surface area (Å²) in [5, 5.41) is 34.7. The summed E-state index contributed by atoms with van der Waals surface area (Å²) in [6.07, 6.45) is 1.88. The van der Waals surface area contributed by atoms with Crippen LogP contribution in [0.3, 0.4) is 0 Å². The zero-order valence-electron chi connectivity index (χ0n) is 22.4. The number of nitrogens with zero attached hydrogens (tertiary/aromatic N) is 3. The number of methoxy groups -OCH3 is 1. The van der Waals surface area contributed by atoms with Crippen LogP contribution in [0.15, 0.2) is 97.3 Å². The maximum absolute atomic E-state index is 12.9. The van der Waals surface area contributed by atoms with Crippen LogP contribution in [0.1, 0.15) is 33.7 Å². The van der Waals surface area contributed by atoms with Gasteiger partial charge in [-0.2, -0.15) is 5.26 Å². The third kappa shape index (κ3) is 3.80. The number of benzene rings is 3. The molecule has 7 nitrogen and oxygen atoms in total. The van der Waals surface area contributed by atoms with Gasteiger partial charge in [-0.05, 0) is 35.9 Å². The van der Waals surface area contributed by atoms with E-state index in [9.17, 15) is 15.5 Å². The molecule has 0 spiro atoms. The van der Waals surface area contributed by atoms with Gasteiger partial charge in [-0.25, -0.2) is 0 Å². The van der Waals surface area contributed by atoms with Crippen molar-refractivity contribution in [1.82, 2.24) is 9.88 Å². The van der Waals surface area contributed by atoms with Crippen molar-refractivity contribution in [3.63, 3.8) is 0 Å². The molecular weight excluding hydrogens is 502 g/mol.